The van der Waals surface area contributed by atoms with Crippen molar-refractivity contribution in [3.8, 4) is 22.3 Å². The number of fused-ring (bicyclic) bond motifs is 7. The van der Waals surface area contributed by atoms with E-state index in [-0.39, 0.29) is 0 Å². The lowest BCUT2D eigenvalue weighted by Gasteiger charge is -2.17. The van der Waals surface area contributed by atoms with E-state index in [1.807, 2.05) is 6.07 Å². The fourth-order valence-electron chi connectivity index (χ4n) is 5.77. The summed E-state index contributed by atoms with van der Waals surface area (Å²) in [5.74, 6) is 0. The van der Waals surface area contributed by atoms with Crippen LogP contribution in [0.5, 0.6) is 0 Å². The molecule has 0 aliphatic heterocycles. The Kier molecular flexibility index (Phi) is 3.97. The molecule has 168 valence electrons. The van der Waals surface area contributed by atoms with Gasteiger partial charge >= 0.3 is 0 Å². The Balaban J connectivity index is 1.49. The van der Waals surface area contributed by atoms with Crippen molar-refractivity contribution in [2.45, 2.75) is 0 Å². The second-order valence-corrected chi connectivity index (χ2v) is 9.30. The highest BCUT2D eigenvalue weighted by Crippen LogP contribution is 2.45. The first kappa shape index (κ1) is 19.5. The van der Waals surface area contributed by atoms with Crippen molar-refractivity contribution in [2.24, 2.45) is 0 Å². The van der Waals surface area contributed by atoms with Crippen LogP contribution in [0.4, 0.5) is 0 Å². The Bertz CT molecular complexity index is 2030. The Hall–Kier alpha value is -4.82. The average Bonchev–Trinajstić information content (AvgIpc) is 3.56. The van der Waals surface area contributed by atoms with E-state index in [1.54, 1.807) is 6.26 Å². The summed E-state index contributed by atoms with van der Waals surface area (Å²) in [5.41, 5.74) is 7.41. The van der Waals surface area contributed by atoms with Crippen LogP contribution < -0.4 is 0 Å². The van der Waals surface area contributed by atoms with Crippen molar-refractivity contribution in [1.29, 1.82) is 0 Å². The SMILES string of the molecule is c1ccc(-c2c3ccccc3c(-c3ccc4oc5c(ccc6ccoc65)c4c3)c3ccccc23)cc1. The van der Waals surface area contributed by atoms with Gasteiger partial charge in [-0.25, -0.2) is 0 Å². The van der Waals surface area contributed by atoms with Crippen LogP contribution >= 0.6 is 0 Å². The van der Waals surface area contributed by atoms with Gasteiger partial charge in [-0.2, -0.15) is 0 Å². The Morgan fingerprint density at radius 3 is 1.75 bits per heavy atom. The van der Waals surface area contributed by atoms with Gasteiger partial charge < -0.3 is 8.83 Å². The molecular formula is C34H20O2. The third kappa shape index (κ3) is 2.67. The molecule has 0 aliphatic rings. The molecule has 0 bridgehead atoms. The van der Waals surface area contributed by atoms with Crippen LogP contribution in [-0.2, 0) is 0 Å². The highest BCUT2D eigenvalue weighted by molar-refractivity contribution is 6.22. The second-order valence-electron chi connectivity index (χ2n) is 9.30. The molecule has 0 amide bonds. The molecule has 8 aromatic rings. The fraction of sp³-hybridized carbons (Fsp3) is 0. The molecule has 2 heteroatoms. The smallest absolute Gasteiger partial charge is 0.178 e. The van der Waals surface area contributed by atoms with E-state index in [2.05, 4.69) is 109 Å². The molecule has 36 heavy (non-hydrogen) atoms. The summed E-state index contributed by atoms with van der Waals surface area (Å²) in [6.45, 7) is 0. The second kappa shape index (κ2) is 7.34. The van der Waals surface area contributed by atoms with Crippen LogP contribution in [0.25, 0.3) is 76.7 Å². The third-order valence-corrected chi connectivity index (χ3v) is 7.34. The van der Waals surface area contributed by atoms with Crippen LogP contribution in [0.15, 0.2) is 130 Å². The maximum Gasteiger partial charge on any atom is 0.178 e. The molecule has 2 aromatic heterocycles. The Morgan fingerprint density at radius 1 is 0.417 bits per heavy atom. The van der Waals surface area contributed by atoms with E-state index in [9.17, 15) is 0 Å². The number of rotatable bonds is 2. The summed E-state index contributed by atoms with van der Waals surface area (Å²) >= 11 is 0. The summed E-state index contributed by atoms with van der Waals surface area (Å²) < 4.78 is 12.0. The van der Waals surface area contributed by atoms with E-state index >= 15 is 0 Å². The zero-order chi connectivity index (χ0) is 23.6. The van der Waals surface area contributed by atoms with Crippen LogP contribution in [0.3, 0.4) is 0 Å². The quantitative estimate of drug-likeness (QED) is 0.240. The first-order valence-corrected chi connectivity index (χ1v) is 12.2. The van der Waals surface area contributed by atoms with Gasteiger partial charge in [-0.05, 0) is 68.1 Å². The van der Waals surface area contributed by atoms with Crippen molar-refractivity contribution in [3.05, 3.63) is 122 Å². The maximum absolute atomic E-state index is 6.27. The monoisotopic (exact) mass is 460 g/mol. The average molecular weight is 461 g/mol. The molecule has 0 N–H and O–H groups in total. The largest absolute Gasteiger partial charge is 0.460 e. The van der Waals surface area contributed by atoms with Crippen molar-refractivity contribution in [1.82, 2.24) is 0 Å². The van der Waals surface area contributed by atoms with Crippen LogP contribution in [0.1, 0.15) is 0 Å². The normalized spacial score (nSPS) is 11.9. The van der Waals surface area contributed by atoms with Gasteiger partial charge in [-0.1, -0.05) is 91.0 Å². The topological polar surface area (TPSA) is 26.3 Å². The molecule has 0 aliphatic carbocycles. The lowest BCUT2D eigenvalue weighted by atomic mass is 9.86. The predicted molar refractivity (Wildman–Crippen MR) is 149 cm³/mol. The van der Waals surface area contributed by atoms with Gasteiger partial charge in [0.2, 0.25) is 0 Å². The van der Waals surface area contributed by atoms with E-state index in [0.29, 0.717) is 0 Å². The van der Waals surface area contributed by atoms with Crippen LogP contribution in [-0.4, -0.2) is 0 Å². The van der Waals surface area contributed by atoms with E-state index in [0.717, 1.165) is 32.9 Å². The highest BCUT2D eigenvalue weighted by atomic mass is 16.4. The number of benzene rings is 6. The van der Waals surface area contributed by atoms with Gasteiger partial charge in [-0.3, -0.25) is 0 Å². The minimum absolute atomic E-state index is 0.799. The zero-order valence-corrected chi connectivity index (χ0v) is 19.4. The van der Waals surface area contributed by atoms with Crippen molar-refractivity contribution in [3.63, 3.8) is 0 Å². The van der Waals surface area contributed by atoms with Crippen LogP contribution in [0.2, 0.25) is 0 Å². The molecule has 2 nitrogen and oxygen atoms in total. The molecule has 8 rings (SSSR count). The molecule has 2 heterocycles. The lowest BCUT2D eigenvalue weighted by molar-refractivity contribution is 0.600. The molecule has 0 spiro atoms. The summed E-state index contributed by atoms with van der Waals surface area (Å²) in [6.07, 6.45) is 1.72. The number of furan rings is 2. The first-order valence-electron chi connectivity index (χ1n) is 12.2. The van der Waals surface area contributed by atoms with Gasteiger partial charge in [0.05, 0.1) is 6.26 Å². The van der Waals surface area contributed by atoms with Gasteiger partial charge in [0.15, 0.2) is 11.2 Å². The van der Waals surface area contributed by atoms with E-state index < -0.39 is 0 Å². The van der Waals surface area contributed by atoms with E-state index in [4.69, 9.17) is 8.83 Å². The lowest BCUT2D eigenvalue weighted by Crippen LogP contribution is -1.90. The van der Waals surface area contributed by atoms with Gasteiger partial charge in [-0.15, -0.1) is 0 Å². The van der Waals surface area contributed by atoms with Crippen molar-refractivity contribution in [2.75, 3.05) is 0 Å². The fourth-order valence-corrected chi connectivity index (χ4v) is 5.77. The van der Waals surface area contributed by atoms with Crippen molar-refractivity contribution < 1.29 is 8.83 Å². The molecule has 0 saturated heterocycles. The van der Waals surface area contributed by atoms with Gasteiger partial charge in [0, 0.05) is 16.2 Å². The van der Waals surface area contributed by atoms with Gasteiger partial charge in [0.1, 0.15) is 5.58 Å². The molecule has 0 atom stereocenters. The first-order chi connectivity index (χ1) is 17.9. The zero-order valence-electron chi connectivity index (χ0n) is 19.4. The molecule has 0 radical (unpaired) electrons. The number of hydrogen-bond acceptors (Lipinski definition) is 2. The summed E-state index contributed by atoms with van der Waals surface area (Å²) in [7, 11) is 0. The Labute approximate surface area is 207 Å². The van der Waals surface area contributed by atoms with E-state index in [1.165, 1.54) is 43.8 Å². The third-order valence-electron chi connectivity index (χ3n) is 7.34. The molecule has 6 aromatic carbocycles. The maximum atomic E-state index is 6.27. The van der Waals surface area contributed by atoms with Crippen LogP contribution in [0, 0.1) is 0 Å². The standard InChI is InChI=1S/C34H20O2/c1-2-8-21(9-3-1)31-24-10-4-6-12-26(24)32(27-13-7-5-11-25(27)31)23-15-17-30-29(20-23)28-16-14-22-18-19-35-33(22)34(28)36-30/h1-20H. The highest BCUT2D eigenvalue weighted by Gasteiger charge is 2.18. The molecule has 0 saturated carbocycles. The Morgan fingerprint density at radius 2 is 1.06 bits per heavy atom. The molecular weight excluding hydrogens is 440 g/mol. The predicted octanol–water partition coefficient (Wildman–Crippen LogP) is 9.97. The molecule has 0 fully saturated rings. The summed E-state index contributed by atoms with van der Waals surface area (Å²) in [4.78, 5) is 0. The minimum atomic E-state index is 0.799. The summed E-state index contributed by atoms with van der Waals surface area (Å²) in [5, 5.41) is 8.23. The minimum Gasteiger partial charge on any atom is -0.460 e. The van der Waals surface area contributed by atoms with Crippen molar-refractivity contribution >= 4 is 54.5 Å². The van der Waals surface area contributed by atoms with Gasteiger partial charge in [0.25, 0.3) is 0 Å². The molecule has 0 unspecified atom stereocenters. The summed E-state index contributed by atoms with van der Waals surface area (Å²) in [6, 6.07) is 41.0. The number of hydrogen-bond donors (Lipinski definition) is 0.